The van der Waals surface area contributed by atoms with Gasteiger partial charge in [-0.25, -0.2) is 16.8 Å². The Hall–Kier alpha value is -1.09. The number of rotatable bonds is 3. The monoisotopic (exact) mass is 279 g/mol. The van der Waals surface area contributed by atoms with E-state index < -0.39 is 25.1 Å². The third-order valence-electron chi connectivity index (χ3n) is 2.70. The summed E-state index contributed by atoms with van der Waals surface area (Å²) in [6.07, 6.45) is 1.63. The Bertz CT molecular complexity index is 617. The van der Waals surface area contributed by atoms with E-state index in [1.54, 1.807) is 6.92 Å². The van der Waals surface area contributed by atoms with E-state index in [0.29, 0.717) is 5.56 Å². The summed E-state index contributed by atoms with van der Waals surface area (Å²) < 4.78 is 48.7. The number of anilines is 1. The summed E-state index contributed by atoms with van der Waals surface area (Å²) in [6.45, 7) is 1.70. The van der Waals surface area contributed by atoms with E-state index in [1.165, 1.54) is 6.20 Å². The average molecular weight is 279 g/mol. The van der Waals surface area contributed by atoms with Crippen molar-refractivity contribution in [1.29, 1.82) is 0 Å². The first-order valence-corrected chi connectivity index (χ1v) is 8.39. The van der Waals surface area contributed by atoms with Gasteiger partial charge in [-0.05, 0) is 13.3 Å². The number of hydrogen-bond donors (Lipinski definition) is 2. The van der Waals surface area contributed by atoms with E-state index in [1.807, 2.05) is 0 Å². The molecule has 1 atom stereocenters. The molecule has 1 unspecified atom stereocenters. The molecule has 2 heterocycles. The van der Waals surface area contributed by atoms with Gasteiger partial charge < -0.3 is 0 Å². The van der Waals surface area contributed by atoms with E-state index in [4.69, 9.17) is 0 Å². The van der Waals surface area contributed by atoms with E-state index in [0.717, 1.165) is 0 Å². The Morgan fingerprint density at radius 2 is 2.24 bits per heavy atom. The molecule has 9 heteroatoms. The lowest BCUT2D eigenvalue weighted by atomic mass is 10.4. The quantitative estimate of drug-likeness (QED) is 0.785. The van der Waals surface area contributed by atoms with Crippen molar-refractivity contribution < 1.29 is 16.8 Å². The molecule has 7 nitrogen and oxygen atoms in total. The van der Waals surface area contributed by atoms with Crippen LogP contribution in [-0.2, 0) is 19.9 Å². The van der Waals surface area contributed by atoms with Crippen molar-refractivity contribution in [3.63, 3.8) is 0 Å². The third kappa shape index (κ3) is 2.60. The van der Waals surface area contributed by atoms with Crippen LogP contribution in [0.4, 0.5) is 5.82 Å². The summed E-state index contributed by atoms with van der Waals surface area (Å²) in [5.74, 6) is -0.0925. The first-order valence-electron chi connectivity index (χ1n) is 5.02. The molecule has 2 N–H and O–H groups in total. The minimum Gasteiger partial charge on any atom is -0.267 e. The number of H-pyrrole nitrogens is 1. The Balaban J connectivity index is 2.19. The molecular formula is C8H13N3O4S2. The molecular weight excluding hydrogens is 266 g/mol. The zero-order chi connectivity index (χ0) is 12.7. The standard InChI is InChI=1S/C8H13N3O4S2/c1-6-4-9-10-8(6)11-17(14,15)7-2-3-16(12,13)5-7/h4,7H,2-3,5H2,1H3,(H2,9,10,11). The molecule has 0 aromatic carbocycles. The van der Waals surface area contributed by atoms with Crippen LogP contribution in [-0.4, -0.2) is 43.8 Å². The number of sulfone groups is 1. The van der Waals surface area contributed by atoms with Gasteiger partial charge in [0.1, 0.15) is 5.82 Å². The van der Waals surface area contributed by atoms with Gasteiger partial charge >= 0.3 is 0 Å². The molecule has 0 radical (unpaired) electrons. The molecule has 0 aliphatic carbocycles. The fraction of sp³-hybridized carbons (Fsp3) is 0.625. The summed E-state index contributed by atoms with van der Waals surface area (Å²) in [5.41, 5.74) is 0.662. The van der Waals surface area contributed by atoms with Crippen LogP contribution in [0.2, 0.25) is 0 Å². The molecule has 2 rings (SSSR count). The highest BCUT2D eigenvalue weighted by atomic mass is 32.2. The maximum absolute atomic E-state index is 11.9. The lowest BCUT2D eigenvalue weighted by Gasteiger charge is -2.11. The number of aromatic nitrogens is 2. The van der Waals surface area contributed by atoms with Gasteiger partial charge in [0.05, 0.1) is 23.0 Å². The molecule has 1 saturated heterocycles. The minimum atomic E-state index is -3.68. The lowest BCUT2D eigenvalue weighted by Crippen LogP contribution is -2.29. The Morgan fingerprint density at radius 3 is 2.71 bits per heavy atom. The summed E-state index contributed by atoms with van der Waals surface area (Å²) in [5, 5.41) is 5.33. The molecule has 17 heavy (non-hydrogen) atoms. The van der Waals surface area contributed by atoms with Gasteiger partial charge in [-0.3, -0.25) is 9.82 Å². The summed E-state index contributed by atoms with van der Waals surface area (Å²) in [7, 11) is -6.89. The Labute approximate surface area is 99.6 Å². The van der Waals surface area contributed by atoms with Gasteiger partial charge in [0.2, 0.25) is 10.0 Å². The highest BCUT2D eigenvalue weighted by Gasteiger charge is 2.37. The van der Waals surface area contributed by atoms with Gasteiger partial charge in [0, 0.05) is 5.56 Å². The van der Waals surface area contributed by atoms with Gasteiger partial charge in [-0.2, -0.15) is 5.10 Å². The predicted molar refractivity (Wildman–Crippen MR) is 62.9 cm³/mol. The van der Waals surface area contributed by atoms with Crippen LogP contribution in [0.5, 0.6) is 0 Å². The summed E-state index contributed by atoms with van der Waals surface area (Å²) in [6, 6.07) is 0. The van der Waals surface area contributed by atoms with Crippen LogP contribution >= 0.6 is 0 Å². The molecule has 0 saturated carbocycles. The third-order valence-corrected chi connectivity index (χ3v) is 6.45. The van der Waals surface area contributed by atoms with Gasteiger partial charge in [0.25, 0.3) is 0 Å². The predicted octanol–water partition coefficient (Wildman–Crippen LogP) is -0.353. The van der Waals surface area contributed by atoms with Crippen LogP contribution in [0.1, 0.15) is 12.0 Å². The second-order valence-corrected chi connectivity index (χ2v) is 8.29. The molecule has 1 fully saturated rings. The first kappa shape index (κ1) is 12.4. The number of hydrogen-bond acceptors (Lipinski definition) is 5. The van der Waals surface area contributed by atoms with Gasteiger partial charge in [0.15, 0.2) is 9.84 Å². The normalized spacial score (nSPS) is 23.7. The topological polar surface area (TPSA) is 109 Å². The molecule has 0 amide bonds. The number of sulfonamides is 1. The number of nitrogens with one attached hydrogen (secondary N) is 2. The number of aromatic amines is 1. The van der Waals surface area contributed by atoms with Gasteiger partial charge in [-0.1, -0.05) is 0 Å². The smallest absolute Gasteiger partial charge is 0.237 e. The molecule has 1 aliphatic heterocycles. The van der Waals surface area contributed by atoms with Crippen molar-refractivity contribution in [1.82, 2.24) is 10.2 Å². The van der Waals surface area contributed by atoms with Crippen molar-refractivity contribution >= 4 is 25.7 Å². The SMILES string of the molecule is Cc1cn[nH]c1NS(=O)(=O)C1CCS(=O)(=O)C1. The van der Waals surface area contributed by atoms with Crippen LogP contribution in [0, 0.1) is 6.92 Å². The Morgan fingerprint density at radius 1 is 1.53 bits per heavy atom. The highest BCUT2D eigenvalue weighted by Crippen LogP contribution is 2.21. The Kier molecular flexibility index (Phi) is 2.90. The van der Waals surface area contributed by atoms with E-state index in [9.17, 15) is 16.8 Å². The zero-order valence-corrected chi connectivity index (χ0v) is 10.8. The first-order chi connectivity index (χ1) is 7.80. The van der Waals surface area contributed by atoms with E-state index in [2.05, 4.69) is 14.9 Å². The van der Waals surface area contributed by atoms with Gasteiger partial charge in [-0.15, -0.1) is 0 Å². The fourth-order valence-electron chi connectivity index (χ4n) is 1.68. The van der Waals surface area contributed by atoms with Crippen molar-refractivity contribution in [2.45, 2.75) is 18.6 Å². The zero-order valence-electron chi connectivity index (χ0n) is 9.17. The van der Waals surface area contributed by atoms with Crippen molar-refractivity contribution in [2.24, 2.45) is 0 Å². The second kappa shape index (κ2) is 3.98. The number of nitrogens with zero attached hydrogens (tertiary/aromatic N) is 1. The molecule has 0 bridgehead atoms. The molecule has 0 spiro atoms. The minimum absolute atomic E-state index is 0.0689. The molecule has 96 valence electrons. The average Bonchev–Trinajstić information content (AvgIpc) is 2.74. The van der Waals surface area contributed by atoms with Crippen molar-refractivity contribution in [3.05, 3.63) is 11.8 Å². The van der Waals surface area contributed by atoms with E-state index in [-0.39, 0.29) is 23.7 Å². The fourth-order valence-corrected chi connectivity index (χ4v) is 5.80. The number of aryl methyl sites for hydroxylation is 1. The van der Waals surface area contributed by atoms with Crippen LogP contribution in [0.3, 0.4) is 0 Å². The van der Waals surface area contributed by atoms with E-state index >= 15 is 0 Å². The maximum Gasteiger partial charge on any atom is 0.237 e. The van der Waals surface area contributed by atoms with Crippen molar-refractivity contribution in [3.8, 4) is 0 Å². The summed E-state index contributed by atoms with van der Waals surface area (Å²) >= 11 is 0. The molecule has 1 aromatic rings. The summed E-state index contributed by atoms with van der Waals surface area (Å²) in [4.78, 5) is 0. The molecule has 1 aliphatic rings. The van der Waals surface area contributed by atoms with Crippen LogP contribution in [0.25, 0.3) is 0 Å². The largest absolute Gasteiger partial charge is 0.267 e. The highest BCUT2D eigenvalue weighted by molar-refractivity contribution is 7.97. The van der Waals surface area contributed by atoms with Crippen LogP contribution < -0.4 is 4.72 Å². The lowest BCUT2D eigenvalue weighted by molar-refractivity contribution is 0.587. The van der Waals surface area contributed by atoms with Crippen LogP contribution in [0.15, 0.2) is 6.20 Å². The van der Waals surface area contributed by atoms with Crippen molar-refractivity contribution in [2.75, 3.05) is 16.2 Å². The maximum atomic E-state index is 11.9. The molecule has 1 aromatic heterocycles. The second-order valence-electron chi connectivity index (χ2n) is 4.10.